The van der Waals surface area contributed by atoms with Crippen molar-refractivity contribution < 1.29 is 4.39 Å². The van der Waals surface area contributed by atoms with E-state index in [-0.39, 0.29) is 5.02 Å². The molecule has 0 saturated carbocycles. The molecule has 0 bridgehead atoms. The summed E-state index contributed by atoms with van der Waals surface area (Å²) in [6, 6.07) is 9.77. The number of nitrogens with zero attached hydrogens (tertiary/aromatic N) is 1. The summed E-state index contributed by atoms with van der Waals surface area (Å²) in [5.41, 5.74) is 1.73. The Bertz CT molecular complexity index is 660. The zero-order chi connectivity index (χ0) is 14.0. The Kier molecular flexibility index (Phi) is 4.46. The molecule has 2 aromatic carbocycles. The van der Waals surface area contributed by atoms with E-state index in [1.165, 1.54) is 12.1 Å². The first-order valence-electron chi connectivity index (χ1n) is 5.12. The van der Waals surface area contributed by atoms with Crippen molar-refractivity contribution in [3.8, 4) is 6.07 Å². The van der Waals surface area contributed by atoms with Crippen LogP contribution in [0.2, 0.25) is 5.02 Å². The monoisotopic (exact) mass is 402 g/mol. The first-order chi connectivity index (χ1) is 8.99. The highest BCUT2D eigenvalue weighted by Gasteiger charge is 2.09. The first-order valence-corrected chi connectivity index (χ1v) is 7.08. The van der Waals surface area contributed by atoms with Crippen molar-refractivity contribution in [3.63, 3.8) is 0 Å². The summed E-state index contributed by atoms with van der Waals surface area (Å²) >= 11 is 12.6. The van der Waals surface area contributed by atoms with E-state index in [4.69, 9.17) is 16.9 Å². The molecule has 1 N–H and O–H groups in total. The quantitative estimate of drug-likeness (QED) is 0.705. The Morgan fingerprint density at radius 2 is 1.89 bits per heavy atom. The number of halogens is 4. The van der Waals surface area contributed by atoms with E-state index >= 15 is 0 Å². The molecule has 0 atom stereocenters. The van der Waals surface area contributed by atoms with Gasteiger partial charge in [-0.15, -0.1) is 0 Å². The fourth-order valence-corrected chi connectivity index (χ4v) is 2.92. The molecule has 6 heteroatoms. The lowest BCUT2D eigenvalue weighted by Crippen LogP contribution is -1.94. The fourth-order valence-electron chi connectivity index (χ4n) is 1.53. The van der Waals surface area contributed by atoms with Crippen molar-refractivity contribution in [2.45, 2.75) is 0 Å². The third-order valence-electron chi connectivity index (χ3n) is 2.30. The maximum atomic E-state index is 13.1. The first kappa shape index (κ1) is 14.3. The standard InChI is InChI=1S/C13H6Br2ClFN2/c14-8-1-7(6-18)2-10(3-8)19-13-11(15)4-9(17)5-12(13)16/h1-5,19H. The second kappa shape index (κ2) is 5.91. The van der Waals surface area contributed by atoms with Gasteiger partial charge in [-0.3, -0.25) is 0 Å². The molecule has 0 unspecified atom stereocenters. The van der Waals surface area contributed by atoms with E-state index in [9.17, 15) is 4.39 Å². The highest BCUT2D eigenvalue weighted by molar-refractivity contribution is 9.10. The van der Waals surface area contributed by atoms with Gasteiger partial charge in [-0.1, -0.05) is 27.5 Å². The Hall–Kier alpha value is -1.09. The second-order valence-corrected chi connectivity index (χ2v) is 5.89. The highest BCUT2D eigenvalue weighted by atomic mass is 79.9. The zero-order valence-corrected chi connectivity index (χ0v) is 13.3. The third kappa shape index (κ3) is 3.47. The van der Waals surface area contributed by atoms with Gasteiger partial charge in [0.25, 0.3) is 0 Å². The highest BCUT2D eigenvalue weighted by Crippen LogP contribution is 2.34. The van der Waals surface area contributed by atoms with E-state index in [1.54, 1.807) is 18.2 Å². The SMILES string of the molecule is N#Cc1cc(Br)cc(Nc2c(Cl)cc(F)cc2Br)c1. The van der Waals surface area contributed by atoms with Gasteiger partial charge in [0.1, 0.15) is 5.82 Å². The minimum Gasteiger partial charge on any atom is -0.353 e. The fraction of sp³-hybridized carbons (Fsp3) is 0. The van der Waals surface area contributed by atoms with E-state index in [2.05, 4.69) is 43.2 Å². The van der Waals surface area contributed by atoms with Gasteiger partial charge in [0, 0.05) is 14.6 Å². The van der Waals surface area contributed by atoms with Crippen LogP contribution >= 0.6 is 43.5 Å². The molecule has 2 nitrogen and oxygen atoms in total. The van der Waals surface area contributed by atoms with Gasteiger partial charge in [-0.05, 0) is 46.3 Å². The largest absolute Gasteiger partial charge is 0.353 e. The molecule has 96 valence electrons. The number of benzene rings is 2. The van der Waals surface area contributed by atoms with Crippen LogP contribution in [0.5, 0.6) is 0 Å². The van der Waals surface area contributed by atoms with Crippen molar-refractivity contribution in [3.05, 3.63) is 55.7 Å². The van der Waals surface area contributed by atoms with E-state index in [1.807, 2.05) is 0 Å². The average molecular weight is 404 g/mol. The van der Waals surface area contributed by atoms with Crippen LogP contribution in [0.1, 0.15) is 5.56 Å². The Morgan fingerprint density at radius 1 is 1.16 bits per heavy atom. The van der Waals surface area contributed by atoms with Crippen molar-refractivity contribution >= 4 is 54.8 Å². The summed E-state index contributed by atoms with van der Waals surface area (Å²) in [6.07, 6.45) is 0. The van der Waals surface area contributed by atoms with Crippen LogP contribution in [-0.4, -0.2) is 0 Å². The lowest BCUT2D eigenvalue weighted by Gasteiger charge is -2.11. The summed E-state index contributed by atoms with van der Waals surface area (Å²) in [4.78, 5) is 0. The molecule has 0 fully saturated rings. The summed E-state index contributed by atoms with van der Waals surface area (Å²) in [7, 11) is 0. The summed E-state index contributed by atoms with van der Waals surface area (Å²) in [6.45, 7) is 0. The number of nitrogens with one attached hydrogen (secondary N) is 1. The predicted octanol–water partition coefficient (Wildman–Crippen LogP) is 5.62. The van der Waals surface area contributed by atoms with Gasteiger partial charge in [0.2, 0.25) is 0 Å². The number of anilines is 2. The molecule has 0 aliphatic rings. The van der Waals surface area contributed by atoms with Gasteiger partial charge in [-0.25, -0.2) is 4.39 Å². The Morgan fingerprint density at radius 3 is 2.53 bits per heavy atom. The smallest absolute Gasteiger partial charge is 0.125 e. The maximum absolute atomic E-state index is 13.1. The van der Waals surface area contributed by atoms with Crippen molar-refractivity contribution in [2.24, 2.45) is 0 Å². The molecule has 2 rings (SSSR count). The molecule has 0 aromatic heterocycles. The van der Waals surface area contributed by atoms with Gasteiger partial charge in [-0.2, -0.15) is 5.26 Å². The van der Waals surface area contributed by atoms with Crippen LogP contribution in [0.3, 0.4) is 0 Å². The maximum Gasteiger partial charge on any atom is 0.125 e. The third-order valence-corrected chi connectivity index (χ3v) is 3.68. The molecule has 0 radical (unpaired) electrons. The van der Waals surface area contributed by atoms with Crippen molar-refractivity contribution in [1.29, 1.82) is 5.26 Å². The second-order valence-electron chi connectivity index (χ2n) is 3.71. The molecule has 2 aromatic rings. The van der Waals surface area contributed by atoms with Crippen LogP contribution in [0.25, 0.3) is 0 Å². The van der Waals surface area contributed by atoms with Crippen LogP contribution in [-0.2, 0) is 0 Å². The van der Waals surface area contributed by atoms with Crippen LogP contribution in [0, 0.1) is 17.1 Å². The molecule has 0 heterocycles. The van der Waals surface area contributed by atoms with Crippen molar-refractivity contribution in [2.75, 3.05) is 5.32 Å². The molecule has 0 spiro atoms. The van der Waals surface area contributed by atoms with Crippen LogP contribution in [0.15, 0.2) is 39.3 Å². The summed E-state index contributed by atoms with van der Waals surface area (Å²) in [5.74, 6) is -0.422. The Labute approximate surface area is 131 Å². The summed E-state index contributed by atoms with van der Waals surface area (Å²) < 4.78 is 14.4. The molecule has 19 heavy (non-hydrogen) atoms. The molecule has 0 saturated heterocycles. The minimum absolute atomic E-state index is 0.255. The molecule has 0 aliphatic carbocycles. The predicted molar refractivity (Wildman–Crippen MR) is 81.2 cm³/mol. The number of nitriles is 1. The number of hydrogen-bond acceptors (Lipinski definition) is 2. The van der Waals surface area contributed by atoms with Gasteiger partial charge < -0.3 is 5.32 Å². The summed E-state index contributed by atoms with van der Waals surface area (Å²) in [5, 5.41) is 12.2. The van der Waals surface area contributed by atoms with Crippen LogP contribution < -0.4 is 5.32 Å². The topological polar surface area (TPSA) is 35.8 Å². The lowest BCUT2D eigenvalue weighted by molar-refractivity contribution is 0.627. The number of rotatable bonds is 2. The van der Waals surface area contributed by atoms with Gasteiger partial charge in [0.05, 0.1) is 22.3 Å². The van der Waals surface area contributed by atoms with Crippen molar-refractivity contribution in [1.82, 2.24) is 0 Å². The Balaban J connectivity index is 2.42. The van der Waals surface area contributed by atoms with Gasteiger partial charge in [0.15, 0.2) is 0 Å². The molecular formula is C13H6Br2ClFN2. The van der Waals surface area contributed by atoms with Gasteiger partial charge >= 0.3 is 0 Å². The zero-order valence-electron chi connectivity index (χ0n) is 9.35. The molecule has 0 aliphatic heterocycles. The minimum atomic E-state index is -0.422. The lowest BCUT2D eigenvalue weighted by atomic mass is 10.2. The normalized spacial score (nSPS) is 10.1. The van der Waals surface area contributed by atoms with E-state index < -0.39 is 5.82 Å². The number of hydrogen-bond donors (Lipinski definition) is 1. The molecular weight excluding hydrogens is 398 g/mol. The van der Waals surface area contributed by atoms with Crippen LogP contribution in [0.4, 0.5) is 15.8 Å². The molecule has 0 amide bonds. The van der Waals surface area contributed by atoms with E-state index in [0.29, 0.717) is 21.4 Å². The van der Waals surface area contributed by atoms with E-state index in [0.717, 1.165) is 4.47 Å². The average Bonchev–Trinajstić information content (AvgIpc) is 2.33.